The number of piperazine rings is 1. The number of hydrogen-bond acceptors (Lipinski definition) is 4. The normalized spacial score (nSPS) is 17.2. The summed E-state index contributed by atoms with van der Waals surface area (Å²) >= 11 is 0. The summed E-state index contributed by atoms with van der Waals surface area (Å²) in [7, 11) is 3.31. The highest BCUT2D eigenvalue weighted by Crippen LogP contribution is 2.17. The highest BCUT2D eigenvalue weighted by atomic mass is 19.1. The number of hydrogen-bond donors (Lipinski definition) is 0. The Morgan fingerprint density at radius 1 is 1.05 bits per heavy atom. The van der Waals surface area contributed by atoms with Crippen LogP contribution in [0.15, 0.2) is 24.3 Å². The van der Waals surface area contributed by atoms with Crippen molar-refractivity contribution in [1.29, 1.82) is 0 Å². The molecule has 0 unspecified atom stereocenters. The Balaban J connectivity index is 1.83. The van der Waals surface area contributed by atoms with Gasteiger partial charge in [0, 0.05) is 52.6 Å². The zero-order chi connectivity index (χ0) is 13.7. The van der Waals surface area contributed by atoms with Gasteiger partial charge < -0.3 is 14.4 Å². The van der Waals surface area contributed by atoms with Gasteiger partial charge in [0.05, 0.1) is 0 Å². The fraction of sp³-hybridized carbons (Fsp3) is 0.571. The van der Waals surface area contributed by atoms with E-state index in [1.54, 1.807) is 14.2 Å². The van der Waals surface area contributed by atoms with Gasteiger partial charge in [-0.05, 0) is 24.3 Å². The molecule has 1 aliphatic rings. The zero-order valence-corrected chi connectivity index (χ0v) is 11.5. The molecule has 1 heterocycles. The third-order valence-electron chi connectivity index (χ3n) is 3.50. The number of anilines is 1. The lowest BCUT2D eigenvalue weighted by molar-refractivity contribution is -0.116. The first-order valence-electron chi connectivity index (χ1n) is 6.51. The van der Waals surface area contributed by atoms with Gasteiger partial charge in [-0.3, -0.25) is 4.90 Å². The Morgan fingerprint density at radius 3 is 2.16 bits per heavy atom. The molecule has 0 radical (unpaired) electrons. The van der Waals surface area contributed by atoms with E-state index in [1.165, 1.54) is 12.1 Å². The monoisotopic (exact) mass is 268 g/mol. The first-order chi connectivity index (χ1) is 9.22. The lowest BCUT2D eigenvalue weighted by Crippen LogP contribution is -2.49. The predicted molar refractivity (Wildman–Crippen MR) is 72.9 cm³/mol. The van der Waals surface area contributed by atoms with Gasteiger partial charge in [0.25, 0.3) is 0 Å². The van der Waals surface area contributed by atoms with E-state index in [4.69, 9.17) is 9.47 Å². The third-order valence-corrected chi connectivity index (χ3v) is 3.50. The minimum atomic E-state index is -0.189. The molecule has 1 aromatic carbocycles. The fourth-order valence-corrected chi connectivity index (χ4v) is 2.30. The molecule has 2 rings (SSSR count). The zero-order valence-electron chi connectivity index (χ0n) is 11.5. The van der Waals surface area contributed by atoms with Crippen molar-refractivity contribution < 1.29 is 13.9 Å². The molecule has 1 fully saturated rings. The standard InChI is InChI=1S/C14H21FN2O2/c1-18-14(19-2)11-16-7-9-17(10-8-16)13-5-3-12(15)4-6-13/h3-6,14H,7-11H2,1-2H3. The first kappa shape index (κ1) is 14.2. The molecule has 5 heteroatoms. The first-order valence-corrected chi connectivity index (χ1v) is 6.51. The Bertz CT molecular complexity index is 374. The maximum absolute atomic E-state index is 12.9. The van der Waals surface area contributed by atoms with Crippen molar-refractivity contribution in [3.8, 4) is 0 Å². The van der Waals surface area contributed by atoms with Crippen molar-refractivity contribution in [3.05, 3.63) is 30.1 Å². The van der Waals surface area contributed by atoms with Crippen LogP contribution in [0.25, 0.3) is 0 Å². The molecule has 0 saturated carbocycles. The minimum Gasteiger partial charge on any atom is -0.369 e. The van der Waals surface area contributed by atoms with E-state index >= 15 is 0 Å². The molecule has 0 atom stereocenters. The van der Waals surface area contributed by atoms with Crippen LogP contribution in [0.4, 0.5) is 10.1 Å². The topological polar surface area (TPSA) is 24.9 Å². The van der Waals surface area contributed by atoms with E-state index < -0.39 is 0 Å². The molecule has 0 amide bonds. The number of nitrogens with zero attached hydrogens (tertiary/aromatic N) is 2. The smallest absolute Gasteiger partial charge is 0.169 e. The fourth-order valence-electron chi connectivity index (χ4n) is 2.30. The van der Waals surface area contributed by atoms with E-state index in [1.807, 2.05) is 12.1 Å². The van der Waals surface area contributed by atoms with E-state index in [0.29, 0.717) is 0 Å². The van der Waals surface area contributed by atoms with E-state index in [9.17, 15) is 4.39 Å². The molecule has 1 aliphatic heterocycles. The number of methoxy groups -OCH3 is 2. The van der Waals surface area contributed by atoms with Crippen LogP contribution < -0.4 is 4.90 Å². The molecule has 19 heavy (non-hydrogen) atoms. The highest BCUT2D eigenvalue weighted by Gasteiger charge is 2.19. The summed E-state index contributed by atoms with van der Waals surface area (Å²) in [5.41, 5.74) is 1.08. The summed E-state index contributed by atoms with van der Waals surface area (Å²) < 4.78 is 23.3. The second-order valence-corrected chi connectivity index (χ2v) is 4.67. The molecule has 0 N–H and O–H groups in total. The van der Waals surface area contributed by atoms with Gasteiger partial charge in [0.2, 0.25) is 0 Å². The molecule has 1 aromatic rings. The van der Waals surface area contributed by atoms with Crippen molar-refractivity contribution in [2.24, 2.45) is 0 Å². The molecule has 1 saturated heterocycles. The molecular weight excluding hydrogens is 247 g/mol. The number of benzene rings is 1. The van der Waals surface area contributed by atoms with Crippen LogP contribution in [0, 0.1) is 5.82 Å². The lowest BCUT2D eigenvalue weighted by Gasteiger charge is -2.37. The van der Waals surface area contributed by atoms with Gasteiger partial charge in [-0.2, -0.15) is 0 Å². The summed E-state index contributed by atoms with van der Waals surface area (Å²) in [6.07, 6.45) is -0.169. The molecule has 0 bridgehead atoms. The van der Waals surface area contributed by atoms with E-state index in [-0.39, 0.29) is 12.1 Å². The molecule has 0 spiro atoms. The van der Waals surface area contributed by atoms with Crippen LogP contribution in [0.2, 0.25) is 0 Å². The predicted octanol–water partition coefficient (Wildman–Crippen LogP) is 1.57. The average Bonchev–Trinajstić information content (AvgIpc) is 2.46. The second kappa shape index (κ2) is 6.84. The summed E-state index contributed by atoms with van der Waals surface area (Å²) in [6.45, 7) is 4.57. The number of halogens is 1. The van der Waals surface area contributed by atoms with Gasteiger partial charge in [-0.25, -0.2) is 4.39 Å². The van der Waals surface area contributed by atoms with Crippen molar-refractivity contribution in [1.82, 2.24) is 4.90 Å². The van der Waals surface area contributed by atoms with Crippen LogP contribution in [-0.4, -0.2) is 58.1 Å². The summed E-state index contributed by atoms with van der Waals surface area (Å²) in [6, 6.07) is 6.68. The molecule has 106 valence electrons. The van der Waals surface area contributed by atoms with Gasteiger partial charge in [-0.15, -0.1) is 0 Å². The van der Waals surface area contributed by atoms with Gasteiger partial charge in [-0.1, -0.05) is 0 Å². The summed E-state index contributed by atoms with van der Waals surface area (Å²) in [5.74, 6) is -0.189. The SMILES string of the molecule is COC(CN1CCN(c2ccc(F)cc2)CC1)OC. The van der Waals surface area contributed by atoms with Gasteiger partial charge in [0.15, 0.2) is 6.29 Å². The molecule has 4 nitrogen and oxygen atoms in total. The van der Waals surface area contributed by atoms with Gasteiger partial charge in [0.1, 0.15) is 5.82 Å². The molecule has 0 aliphatic carbocycles. The van der Waals surface area contributed by atoms with E-state index in [2.05, 4.69) is 9.80 Å². The second-order valence-electron chi connectivity index (χ2n) is 4.67. The Kier molecular flexibility index (Phi) is 5.13. The Hall–Kier alpha value is -1.17. The number of rotatable bonds is 5. The van der Waals surface area contributed by atoms with Crippen LogP contribution in [0.5, 0.6) is 0 Å². The summed E-state index contributed by atoms with van der Waals surface area (Å²) in [4.78, 5) is 4.59. The van der Waals surface area contributed by atoms with Gasteiger partial charge >= 0.3 is 0 Å². The van der Waals surface area contributed by atoms with Crippen LogP contribution in [-0.2, 0) is 9.47 Å². The quantitative estimate of drug-likeness (QED) is 0.757. The highest BCUT2D eigenvalue weighted by molar-refractivity contribution is 5.46. The van der Waals surface area contributed by atoms with Crippen molar-refractivity contribution in [3.63, 3.8) is 0 Å². The molecular formula is C14H21FN2O2. The maximum atomic E-state index is 12.9. The lowest BCUT2D eigenvalue weighted by atomic mass is 10.2. The van der Waals surface area contributed by atoms with Crippen LogP contribution in [0.3, 0.4) is 0 Å². The largest absolute Gasteiger partial charge is 0.369 e. The minimum absolute atomic E-state index is 0.169. The van der Waals surface area contributed by atoms with E-state index in [0.717, 1.165) is 38.4 Å². The third kappa shape index (κ3) is 3.89. The van der Waals surface area contributed by atoms with Crippen LogP contribution in [0.1, 0.15) is 0 Å². The van der Waals surface area contributed by atoms with Crippen molar-refractivity contribution >= 4 is 5.69 Å². The maximum Gasteiger partial charge on any atom is 0.169 e. The molecule has 0 aromatic heterocycles. The van der Waals surface area contributed by atoms with Crippen LogP contribution >= 0.6 is 0 Å². The number of ether oxygens (including phenoxy) is 2. The van der Waals surface area contributed by atoms with Crippen molar-refractivity contribution in [2.45, 2.75) is 6.29 Å². The summed E-state index contributed by atoms with van der Waals surface area (Å²) in [5, 5.41) is 0. The van der Waals surface area contributed by atoms with Crippen molar-refractivity contribution in [2.75, 3.05) is 51.8 Å². The Morgan fingerprint density at radius 2 is 1.63 bits per heavy atom. The Labute approximate surface area is 113 Å². The average molecular weight is 268 g/mol.